The van der Waals surface area contributed by atoms with Gasteiger partial charge in [-0.25, -0.2) is 15.0 Å². The molecule has 1 amide bonds. The second-order valence-corrected chi connectivity index (χ2v) is 10.5. The van der Waals surface area contributed by atoms with Crippen molar-refractivity contribution in [2.75, 3.05) is 36.9 Å². The van der Waals surface area contributed by atoms with E-state index in [1.54, 1.807) is 17.7 Å². The van der Waals surface area contributed by atoms with E-state index < -0.39 is 0 Å². The molecule has 2 aliphatic heterocycles. The summed E-state index contributed by atoms with van der Waals surface area (Å²) in [5.41, 5.74) is 4.73. The van der Waals surface area contributed by atoms with Crippen molar-refractivity contribution in [3.05, 3.63) is 40.2 Å². The van der Waals surface area contributed by atoms with Gasteiger partial charge in [0.2, 0.25) is 5.91 Å². The molecule has 1 aliphatic carbocycles. The molecule has 3 aliphatic rings. The van der Waals surface area contributed by atoms with Gasteiger partial charge in [0.25, 0.3) is 0 Å². The zero-order valence-electron chi connectivity index (χ0n) is 19.4. The molecule has 3 aromatic heterocycles. The van der Waals surface area contributed by atoms with Gasteiger partial charge in [-0.2, -0.15) is 0 Å². The highest BCUT2D eigenvalue weighted by molar-refractivity contribution is 7.19. The minimum absolute atomic E-state index is 0.0234. The van der Waals surface area contributed by atoms with E-state index in [-0.39, 0.29) is 17.9 Å². The van der Waals surface area contributed by atoms with E-state index in [1.807, 2.05) is 11.1 Å². The topological polar surface area (TPSA) is 92.3 Å². The molecule has 34 heavy (non-hydrogen) atoms. The normalized spacial score (nSPS) is 21.9. The molecule has 5 heterocycles. The van der Waals surface area contributed by atoms with Crippen LogP contribution >= 0.6 is 11.3 Å². The highest BCUT2D eigenvalue weighted by atomic mass is 32.1. The molecule has 0 aromatic carbocycles. The molecule has 0 saturated carbocycles. The third-order valence-corrected chi connectivity index (χ3v) is 8.15. The van der Waals surface area contributed by atoms with Gasteiger partial charge in [0.1, 0.15) is 22.8 Å². The highest BCUT2D eigenvalue weighted by Gasteiger charge is 2.34. The molecule has 0 spiro atoms. The third-order valence-electron chi connectivity index (χ3n) is 6.99. The van der Waals surface area contributed by atoms with Crippen LogP contribution in [0.15, 0.2) is 24.2 Å². The van der Waals surface area contributed by atoms with Gasteiger partial charge in [0.15, 0.2) is 0 Å². The molecular weight excluding hydrogens is 448 g/mol. The number of fused-ring (bicyclic) bond motifs is 4. The Labute approximate surface area is 202 Å². The summed E-state index contributed by atoms with van der Waals surface area (Å²) in [7, 11) is 0. The summed E-state index contributed by atoms with van der Waals surface area (Å²) in [5.74, 6) is 1.83. The van der Waals surface area contributed by atoms with Crippen LogP contribution < -0.4 is 10.6 Å². The number of nitrogens with one attached hydrogen (secondary N) is 2. The molecule has 2 unspecified atom stereocenters. The van der Waals surface area contributed by atoms with E-state index in [2.05, 4.69) is 51.6 Å². The second-order valence-electron chi connectivity index (χ2n) is 9.43. The van der Waals surface area contributed by atoms with Gasteiger partial charge in [0.05, 0.1) is 36.5 Å². The first-order valence-corrected chi connectivity index (χ1v) is 12.7. The summed E-state index contributed by atoms with van der Waals surface area (Å²) in [6.07, 6.45) is 8.14. The fraction of sp³-hybridized carbons (Fsp3) is 0.440. The number of hydrogen-bond donors (Lipinski definition) is 2. The average Bonchev–Trinajstić information content (AvgIpc) is 3.22. The van der Waals surface area contributed by atoms with E-state index in [1.165, 1.54) is 16.0 Å². The number of hydrogen-bond acceptors (Lipinski definition) is 8. The molecule has 9 heteroatoms. The Kier molecular flexibility index (Phi) is 5.45. The number of rotatable bonds is 3. The van der Waals surface area contributed by atoms with E-state index in [4.69, 9.17) is 4.74 Å². The number of carbonyl (C=O) groups excluding carboxylic acids is 1. The van der Waals surface area contributed by atoms with Crippen LogP contribution in [0, 0.1) is 5.92 Å². The molecule has 2 atom stereocenters. The first-order chi connectivity index (χ1) is 16.6. The molecule has 1 fully saturated rings. The first kappa shape index (κ1) is 21.5. The molecule has 3 aromatic rings. The largest absolute Gasteiger partial charge is 0.380 e. The summed E-state index contributed by atoms with van der Waals surface area (Å²) in [4.78, 5) is 31.2. The molecule has 6 rings (SSSR count). The van der Waals surface area contributed by atoms with Gasteiger partial charge >= 0.3 is 0 Å². The van der Waals surface area contributed by atoms with Gasteiger partial charge < -0.3 is 20.3 Å². The Morgan fingerprint density at radius 3 is 3.12 bits per heavy atom. The number of aromatic nitrogens is 3. The Morgan fingerprint density at radius 2 is 2.24 bits per heavy atom. The van der Waals surface area contributed by atoms with Crippen molar-refractivity contribution >= 4 is 50.9 Å². The van der Waals surface area contributed by atoms with Crippen LogP contribution in [0.3, 0.4) is 0 Å². The number of carbonyl (C=O) groups is 1. The summed E-state index contributed by atoms with van der Waals surface area (Å²) >= 11 is 1.69. The maximum absolute atomic E-state index is 13.3. The van der Waals surface area contributed by atoms with Gasteiger partial charge in [-0.05, 0) is 44.7 Å². The standard InChI is InChI=1S/C25H28N6O2S/c1-14-7-17-9-21(27-11-19(17)26-10-14)30-23-22-18-4-3-16(8-20(18)34-24(22)29-13-28-23)25(32)31-5-6-33-12-15(31)2/h7,9,11,13,15-16,26H,3-6,8,10,12H2,1-2H3,(H,27,28,29,30). The maximum atomic E-state index is 13.3. The summed E-state index contributed by atoms with van der Waals surface area (Å²) in [6.45, 7) is 6.98. The summed E-state index contributed by atoms with van der Waals surface area (Å²) < 4.78 is 5.52. The second kappa shape index (κ2) is 8.63. The van der Waals surface area contributed by atoms with Crippen molar-refractivity contribution in [2.24, 2.45) is 5.92 Å². The Balaban J connectivity index is 1.28. The van der Waals surface area contributed by atoms with Gasteiger partial charge in [-0.15, -0.1) is 11.3 Å². The van der Waals surface area contributed by atoms with Crippen molar-refractivity contribution in [1.29, 1.82) is 0 Å². The number of nitrogens with zero attached hydrogens (tertiary/aromatic N) is 4. The third kappa shape index (κ3) is 3.82. The summed E-state index contributed by atoms with van der Waals surface area (Å²) in [5, 5.41) is 7.89. The fourth-order valence-electron chi connectivity index (χ4n) is 5.18. The van der Waals surface area contributed by atoms with E-state index in [0.717, 1.165) is 58.9 Å². The molecular formula is C25H28N6O2S. The number of anilines is 3. The minimum atomic E-state index is 0.0234. The zero-order valence-corrected chi connectivity index (χ0v) is 20.2. The van der Waals surface area contributed by atoms with Crippen LogP contribution in [0.25, 0.3) is 16.3 Å². The Hall–Kier alpha value is -3.04. The molecule has 176 valence electrons. The lowest BCUT2D eigenvalue weighted by molar-refractivity contribution is -0.143. The first-order valence-electron chi connectivity index (χ1n) is 11.9. The van der Waals surface area contributed by atoms with Crippen molar-refractivity contribution in [2.45, 2.75) is 39.2 Å². The molecule has 1 saturated heterocycles. The Bertz CT molecular complexity index is 1300. The minimum Gasteiger partial charge on any atom is -0.380 e. The van der Waals surface area contributed by atoms with E-state index >= 15 is 0 Å². The number of aryl methyl sites for hydroxylation is 1. The summed E-state index contributed by atoms with van der Waals surface area (Å²) in [6, 6.07) is 2.19. The number of pyridine rings is 1. The predicted octanol–water partition coefficient (Wildman–Crippen LogP) is 4.01. The van der Waals surface area contributed by atoms with Gasteiger partial charge in [0, 0.05) is 29.4 Å². The predicted molar refractivity (Wildman–Crippen MR) is 135 cm³/mol. The zero-order chi connectivity index (χ0) is 23.2. The van der Waals surface area contributed by atoms with Gasteiger partial charge in [-0.3, -0.25) is 4.79 Å². The van der Waals surface area contributed by atoms with Crippen LogP contribution in [-0.4, -0.2) is 58.1 Å². The maximum Gasteiger partial charge on any atom is 0.226 e. The van der Waals surface area contributed by atoms with Crippen LogP contribution in [0.1, 0.15) is 36.3 Å². The van der Waals surface area contributed by atoms with Crippen LogP contribution in [0.5, 0.6) is 0 Å². The number of amides is 1. The van der Waals surface area contributed by atoms with Crippen LogP contribution in [0.2, 0.25) is 0 Å². The lowest BCUT2D eigenvalue weighted by Crippen LogP contribution is -2.50. The van der Waals surface area contributed by atoms with Crippen LogP contribution in [0.4, 0.5) is 17.3 Å². The average molecular weight is 477 g/mol. The van der Waals surface area contributed by atoms with E-state index in [9.17, 15) is 4.79 Å². The Morgan fingerprint density at radius 1 is 1.32 bits per heavy atom. The molecule has 0 radical (unpaired) electrons. The van der Waals surface area contributed by atoms with Gasteiger partial charge in [-0.1, -0.05) is 11.6 Å². The lowest BCUT2D eigenvalue weighted by Gasteiger charge is -2.36. The molecule has 8 nitrogen and oxygen atoms in total. The van der Waals surface area contributed by atoms with Crippen molar-refractivity contribution in [3.8, 4) is 0 Å². The molecule has 2 N–H and O–H groups in total. The number of ether oxygens (including phenoxy) is 1. The lowest BCUT2D eigenvalue weighted by atomic mass is 9.86. The fourth-order valence-corrected chi connectivity index (χ4v) is 6.45. The van der Waals surface area contributed by atoms with Crippen molar-refractivity contribution < 1.29 is 9.53 Å². The van der Waals surface area contributed by atoms with E-state index in [0.29, 0.717) is 19.8 Å². The highest BCUT2D eigenvalue weighted by Crippen LogP contribution is 2.41. The number of morpholine rings is 1. The quantitative estimate of drug-likeness (QED) is 0.590. The molecule has 0 bridgehead atoms. The number of thiophene rings is 1. The van der Waals surface area contributed by atoms with Crippen LogP contribution in [-0.2, 0) is 22.4 Å². The smallest absolute Gasteiger partial charge is 0.226 e. The van der Waals surface area contributed by atoms with Crippen molar-refractivity contribution in [3.63, 3.8) is 0 Å². The monoisotopic (exact) mass is 476 g/mol. The SMILES string of the molecule is CC1=Cc2cc(Nc3ncnc4sc5c(c34)CCC(C(=O)N3CCOCC3C)C5)ncc2NC1. The van der Waals surface area contributed by atoms with Crippen molar-refractivity contribution in [1.82, 2.24) is 19.9 Å².